The fourth-order valence-electron chi connectivity index (χ4n) is 6.92. The Bertz CT molecular complexity index is 2530. The molecule has 226 valence electrons. The SMILES string of the molecule is c1ccc(-c2cccc(-c3ccc(N(c4ccccc4)c4ccc(-c5cccc6sc7c8ccccc8ccc7c56)cc4)cc3)c2)cc1. The van der Waals surface area contributed by atoms with Crippen LogP contribution < -0.4 is 4.90 Å². The normalized spacial score (nSPS) is 11.3. The predicted molar refractivity (Wildman–Crippen MR) is 208 cm³/mol. The van der Waals surface area contributed by atoms with Crippen molar-refractivity contribution in [3.05, 3.63) is 188 Å². The Morgan fingerprint density at radius 1 is 0.354 bits per heavy atom. The van der Waals surface area contributed by atoms with Crippen LogP contribution in [0.4, 0.5) is 17.1 Å². The minimum absolute atomic E-state index is 1.12. The second kappa shape index (κ2) is 12.0. The quantitative estimate of drug-likeness (QED) is 0.177. The first-order valence-electron chi connectivity index (χ1n) is 16.3. The third-order valence-electron chi connectivity index (χ3n) is 9.27. The summed E-state index contributed by atoms with van der Waals surface area (Å²) in [6.07, 6.45) is 0. The van der Waals surface area contributed by atoms with Gasteiger partial charge in [0.05, 0.1) is 0 Å². The Morgan fingerprint density at radius 3 is 1.65 bits per heavy atom. The molecule has 0 aliphatic carbocycles. The van der Waals surface area contributed by atoms with Crippen LogP contribution in [0.5, 0.6) is 0 Å². The Balaban J connectivity index is 1.09. The van der Waals surface area contributed by atoms with Crippen LogP contribution in [0, 0.1) is 0 Å². The standard InChI is InChI=1S/C46H31NS/c1-3-11-32(12-4-1)36-14-9-15-37(31-36)33-21-26-39(27-22-33)47(38-16-5-2-6-17-38)40-28-23-35(24-29-40)41-19-10-20-44-45(41)43-30-25-34-13-7-8-18-42(34)46(43)48-44/h1-31H. The number of para-hydroxylation sites is 1. The molecule has 0 bridgehead atoms. The average Bonchev–Trinajstić information content (AvgIpc) is 3.56. The first kappa shape index (κ1) is 28.3. The van der Waals surface area contributed by atoms with Crippen LogP contribution in [0.2, 0.25) is 0 Å². The number of fused-ring (bicyclic) bond motifs is 5. The number of rotatable bonds is 6. The van der Waals surface area contributed by atoms with Gasteiger partial charge >= 0.3 is 0 Å². The van der Waals surface area contributed by atoms with Crippen LogP contribution in [-0.4, -0.2) is 0 Å². The number of nitrogens with zero attached hydrogens (tertiary/aromatic N) is 1. The molecule has 0 N–H and O–H groups in total. The maximum Gasteiger partial charge on any atom is 0.0462 e. The minimum atomic E-state index is 1.12. The van der Waals surface area contributed by atoms with Gasteiger partial charge in [0.2, 0.25) is 0 Å². The molecule has 0 amide bonds. The van der Waals surface area contributed by atoms with Crippen LogP contribution in [0.1, 0.15) is 0 Å². The van der Waals surface area contributed by atoms with E-state index in [2.05, 4.69) is 193 Å². The van der Waals surface area contributed by atoms with Crippen molar-refractivity contribution in [1.29, 1.82) is 0 Å². The molecule has 9 rings (SSSR count). The minimum Gasteiger partial charge on any atom is -0.311 e. The average molecular weight is 630 g/mol. The molecule has 0 aliphatic heterocycles. The van der Waals surface area contributed by atoms with E-state index in [1.807, 2.05) is 11.3 Å². The molecule has 1 aromatic heterocycles. The topological polar surface area (TPSA) is 3.24 Å². The molecule has 0 saturated carbocycles. The Kier molecular flexibility index (Phi) is 7.07. The van der Waals surface area contributed by atoms with Gasteiger partial charge in [-0.25, -0.2) is 0 Å². The molecule has 0 saturated heterocycles. The van der Waals surface area contributed by atoms with Gasteiger partial charge in [0.15, 0.2) is 0 Å². The molecular weight excluding hydrogens is 599 g/mol. The van der Waals surface area contributed by atoms with E-state index < -0.39 is 0 Å². The molecule has 8 aromatic carbocycles. The first-order valence-corrected chi connectivity index (χ1v) is 17.2. The van der Waals surface area contributed by atoms with E-state index in [0.717, 1.165) is 17.1 Å². The summed E-state index contributed by atoms with van der Waals surface area (Å²) >= 11 is 1.89. The lowest BCUT2D eigenvalue weighted by Gasteiger charge is -2.26. The molecular formula is C46H31NS. The zero-order chi connectivity index (χ0) is 31.9. The fraction of sp³-hybridized carbons (Fsp3) is 0. The van der Waals surface area contributed by atoms with Gasteiger partial charge < -0.3 is 4.90 Å². The Hall–Kier alpha value is -5.96. The van der Waals surface area contributed by atoms with E-state index in [0.29, 0.717) is 0 Å². The van der Waals surface area contributed by atoms with Crippen molar-refractivity contribution in [2.75, 3.05) is 4.90 Å². The fourth-order valence-corrected chi connectivity index (χ4v) is 8.18. The molecule has 0 fully saturated rings. The Morgan fingerprint density at radius 2 is 0.917 bits per heavy atom. The Labute approximate surface area is 284 Å². The van der Waals surface area contributed by atoms with Crippen LogP contribution in [-0.2, 0) is 0 Å². The summed E-state index contributed by atoms with van der Waals surface area (Å²) in [7, 11) is 0. The van der Waals surface area contributed by atoms with Crippen LogP contribution >= 0.6 is 11.3 Å². The van der Waals surface area contributed by atoms with E-state index in [9.17, 15) is 0 Å². The van der Waals surface area contributed by atoms with Gasteiger partial charge in [-0.3, -0.25) is 0 Å². The lowest BCUT2D eigenvalue weighted by atomic mass is 9.97. The van der Waals surface area contributed by atoms with Gasteiger partial charge in [0.25, 0.3) is 0 Å². The monoisotopic (exact) mass is 629 g/mol. The van der Waals surface area contributed by atoms with Gasteiger partial charge in [0, 0.05) is 37.2 Å². The van der Waals surface area contributed by atoms with E-state index >= 15 is 0 Å². The zero-order valence-electron chi connectivity index (χ0n) is 26.3. The molecule has 0 radical (unpaired) electrons. The molecule has 0 spiro atoms. The van der Waals surface area contributed by atoms with Crippen molar-refractivity contribution in [3.63, 3.8) is 0 Å². The predicted octanol–water partition coefficient (Wildman–Crippen LogP) is 13.7. The van der Waals surface area contributed by atoms with Crippen LogP contribution in [0.15, 0.2) is 188 Å². The van der Waals surface area contributed by atoms with Gasteiger partial charge in [-0.2, -0.15) is 0 Å². The molecule has 1 heterocycles. The number of anilines is 3. The van der Waals surface area contributed by atoms with Crippen molar-refractivity contribution < 1.29 is 0 Å². The number of benzene rings is 8. The van der Waals surface area contributed by atoms with Crippen molar-refractivity contribution in [1.82, 2.24) is 0 Å². The zero-order valence-corrected chi connectivity index (χ0v) is 27.1. The second-order valence-corrected chi connectivity index (χ2v) is 13.2. The molecule has 0 aliphatic rings. The van der Waals surface area contributed by atoms with Crippen molar-refractivity contribution >= 4 is 59.3 Å². The van der Waals surface area contributed by atoms with Crippen molar-refractivity contribution in [2.45, 2.75) is 0 Å². The van der Waals surface area contributed by atoms with Gasteiger partial charge in [-0.05, 0) is 92.7 Å². The van der Waals surface area contributed by atoms with Crippen LogP contribution in [0.3, 0.4) is 0 Å². The molecule has 48 heavy (non-hydrogen) atoms. The maximum atomic E-state index is 2.33. The summed E-state index contributed by atoms with van der Waals surface area (Å²) in [6, 6.07) is 67.9. The number of hydrogen-bond acceptors (Lipinski definition) is 2. The molecule has 0 atom stereocenters. The lowest BCUT2D eigenvalue weighted by molar-refractivity contribution is 1.28. The third kappa shape index (κ3) is 5.04. The largest absolute Gasteiger partial charge is 0.311 e. The van der Waals surface area contributed by atoms with E-state index in [1.165, 1.54) is 64.3 Å². The first-order chi connectivity index (χ1) is 23.8. The molecule has 2 heteroatoms. The lowest BCUT2D eigenvalue weighted by Crippen LogP contribution is -2.09. The summed E-state index contributed by atoms with van der Waals surface area (Å²) in [5, 5.41) is 5.28. The van der Waals surface area contributed by atoms with Gasteiger partial charge in [-0.1, -0.05) is 140 Å². The number of hydrogen-bond donors (Lipinski definition) is 0. The summed E-state index contributed by atoms with van der Waals surface area (Å²) in [5.41, 5.74) is 10.7. The van der Waals surface area contributed by atoms with E-state index in [-0.39, 0.29) is 0 Å². The van der Waals surface area contributed by atoms with Gasteiger partial charge in [0.1, 0.15) is 0 Å². The van der Waals surface area contributed by atoms with E-state index in [4.69, 9.17) is 0 Å². The summed E-state index contributed by atoms with van der Waals surface area (Å²) in [5.74, 6) is 0. The molecule has 1 nitrogen and oxygen atoms in total. The smallest absolute Gasteiger partial charge is 0.0462 e. The second-order valence-electron chi connectivity index (χ2n) is 12.2. The highest BCUT2D eigenvalue weighted by Gasteiger charge is 2.16. The summed E-state index contributed by atoms with van der Waals surface area (Å²) in [6.45, 7) is 0. The highest BCUT2D eigenvalue weighted by molar-refractivity contribution is 7.26. The third-order valence-corrected chi connectivity index (χ3v) is 10.5. The molecule has 0 unspecified atom stereocenters. The van der Waals surface area contributed by atoms with Crippen molar-refractivity contribution in [2.24, 2.45) is 0 Å². The summed E-state index contributed by atoms with van der Waals surface area (Å²) < 4.78 is 2.68. The van der Waals surface area contributed by atoms with Crippen molar-refractivity contribution in [3.8, 4) is 33.4 Å². The van der Waals surface area contributed by atoms with Crippen LogP contribution in [0.25, 0.3) is 64.3 Å². The summed E-state index contributed by atoms with van der Waals surface area (Å²) in [4.78, 5) is 2.33. The maximum absolute atomic E-state index is 2.33. The van der Waals surface area contributed by atoms with Gasteiger partial charge in [-0.15, -0.1) is 11.3 Å². The highest BCUT2D eigenvalue weighted by Crippen LogP contribution is 2.44. The van der Waals surface area contributed by atoms with E-state index in [1.54, 1.807) is 0 Å². The highest BCUT2D eigenvalue weighted by atomic mass is 32.1. The molecule has 9 aromatic rings. The number of thiophene rings is 1.